The Kier molecular flexibility index (Phi) is 6.92. The second-order valence-electron chi connectivity index (χ2n) is 3.99. The van der Waals surface area contributed by atoms with Gasteiger partial charge in [0.15, 0.2) is 6.29 Å². The van der Waals surface area contributed by atoms with Crippen molar-refractivity contribution in [2.45, 2.75) is 19.6 Å². The molecule has 0 spiro atoms. The molecule has 5 nitrogen and oxygen atoms in total. The molecular formula is C14H21NO4. The van der Waals surface area contributed by atoms with Crippen molar-refractivity contribution in [3.63, 3.8) is 0 Å². The lowest BCUT2D eigenvalue weighted by atomic mass is 10.2. The van der Waals surface area contributed by atoms with E-state index in [1.54, 1.807) is 18.2 Å². The van der Waals surface area contributed by atoms with E-state index in [9.17, 15) is 4.79 Å². The van der Waals surface area contributed by atoms with Crippen LogP contribution in [-0.4, -0.2) is 39.6 Å². The molecule has 106 valence electrons. The van der Waals surface area contributed by atoms with Crippen LogP contribution in [0.15, 0.2) is 24.3 Å². The molecular weight excluding hydrogens is 246 g/mol. The Hall–Kier alpha value is -1.59. The number of hydrogen-bond acceptors (Lipinski definition) is 4. The van der Waals surface area contributed by atoms with E-state index in [0.29, 0.717) is 24.5 Å². The van der Waals surface area contributed by atoms with Crippen molar-refractivity contribution in [2.75, 3.05) is 27.4 Å². The third-order valence-corrected chi connectivity index (χ3v) is 2.52. The molecule has 1 N–H and O–H groups in total. The quantitative estimate of drug-likeness (QED) is 0.730. The molecule has 0 fully saturated rings. The molecule has 0 heterocycles. The molecule has 0 unspecified atom stereocenters. The number of ether oxygens (including phenoxy) is 3. The summed E-state index contributed by atoms with van der Waals surface area (Å²) in [6.07, 6.45) is 0.489. The number of rotatable bonds is 8. The van der Waals surface area contributed by atoms with Crippen LogP contribution >= 0.6 is 0 Å². The van der Waals surface area contributed by atoms with Gasteiger partial charge in [0.05, 0.1) is 13.2 Å². The first-order valence-corrected chi connectivity index (χ1v) is 6.28. The summed E-state index contributed by atoms with van der Waals surface area (Å²) in [5.74, 6) is 0.519. The summed E-state index contributed by atoms with van der Waals surface area (Å²) >= 11 is 0. The zero-order chi connectivity index (χ0) is 14.1. The van der Waals surface area contributed by atoms with Gasteiger partial charge in [0.2, 0.25) is 0 Å². The van der Waals surface area contributed by atoms with Gasteiger partial charge in [-0.3, -0.25) is 4.79 Å². The van der Waals surface area contributed by atoms with Gasteiger partial charge < -0.3 is 19.5 Å². The van der Waals surface area contributed by atoms with Gasteiger partial charge in [-0.25, -0.2) is 0 Å². The van der Waals surface area contributed by atoms with Gasteiger partial charge in [0, 0.05) is 19.8 Å². The zero-order valence-electron chi connectivity index (χ0n) is 11.6. The van der Waals surface area contributed by atoms with Gasteiger partial charge in [0.25, 0.3) is 5.91 Å². The van der Waals surface area contributed by atoms with Crippen molar-refractivity contribution >= 4 is 5.91 Å². The Morgan fingerprint density at radius 2 is 2.05 bits per heavy atom. The van der Waals surface area contributed by atoms with Crippen molar-refractivity contribution in [1.82, 2.24) is 5.32 Å². The normalized spacial score (nSPS) is 10.5. The molecule has 0 aliphatic heterocycles. The smallest absolute Gasteiger partial charge is 0.251 e. The molecule has 0 saturated heterocycles. The molecule has 0 radical (unpaired) electrons. The van der Waals surface area contributed by atoms with Gasteiger partial charge in [0.1, 0.15) is 5.75 Å². The van der Waals surface area contributed by atoms with Crippen LogP contribution in [0, 0.1) is 0 Å². The second kappa shape index (κ2) is 8.50. The maximum atomic E-state index is 11.9. The van der Waals surface area contributed by atoms with Crippen LogP contribution in [0.5, 0.6) is 5.75 Å². The number of benzene rings is 1. The van der Waals surface area contributed by atoms with Crippen LogP contribution in [0.4, 0.5) is 0 Å². The highest BCUT2D eigenvalue weighted by molar-refractivity contribution is 5.94. The Morgan fingerprint density at radius 1 is 1.32 bits per heavy atom. The lowest BCUT2D eigenvalue weighted by molar-refractivity contribution is -0.0974. The lowest BCUT2D eigenvalue weighted by Crippen LogP contribution is -2.34. The average molecular weight is 267 g/mol. The average Bonchev–Trinajstić information content (AvgIpc) is 2.46. The van der Waals surface area contributed by atoms with Crippen LogP contribution in [0.1, 0.15) is 23.7 Å². The topological polar surface area (TPSA) is 56.8 Å². The Morgan fingerprint density at radius 3 is 2.68 bits per heavy atom. The standard InChI is InChI=1S/C14H21NO4/c1-4-8-19-12-7-5-6-11(9-12)14(16)15-10-13(17-2)18-3/h5-7,9,13H,4,8,10H2,1-3H3,(H,15,16). The molecule has 5 heteroatoms. The van der Waals surface area contributed by atoms with Crippen molar-refractivity contribution < 1.29 is 19.0 Å². The maximum Gasteiger partial charge on any atom is 0.251 e. The molecule has 0 aliphatic rings. The van der Waals surface area contributed by atoms with Crippen LogP contribution in [0.3, 0.4) is 0 Å². The monoisotopic (exact) mass is 267 g/mol. The molecule has 0 bridgehead atoms. The summed E-state index contributed by atoms with van der Waals surface area (Å²) in [6, 6.07) is 7.09. The van der Waals surface area contributed by atoms with E-state index in [2.05, 4.69) is 5.32 Å². The first kappa shape index (κ1) is 15.5. The number of amides is 1. The van der Waals surface area contributed by atoms with Crippen LogP contribution in [0.2, 0.25) is 0 Å². The van der Waals surface area contributed by atoms with Crippen molar-refractivity contribution in [3.05, 3.63) is 29.8 Å². The summed E-state index contributed by atoms with van der Waals surface area (Å²) in [7, 11) is 3.05. The largest absolute Gasteiger partial charge is 0.494 e. The minimum absolute atomic E-state index is 0.180. The number of nitrogens with one attached hydrogen (secondary N) is 1. The van der Waals surface area contributed by atoms with E-state index in [0.717, 1.165) is 6.42 Å². The number of methoxy groups -OCH3 is 2. The van der Waals surface area contributed by atoms with E-state index in [1.165, 1.54) is 14.2 Å². The van der Waals surface area contributed by atoms with Crippen LogP contribution < -0.4 is 10.1 Å². The fraction of sp³-hybridized carbons (Fsp3) is 0.500. The second-order valence-corrected chi connectivity index (χ2v) is 3.99. The molecule has 1 rings (SSSR count). The molecule has 0 aromatic heterocycles. The van der Waals surface area contributed by atoms with Gasteiger partial charge >= 0.3 is 0 Å². The highest BCUT2D eigenvalue weighted by Gasteiger charge is 2.10. The van der Waals surface area contributed by atoms with E-state index >= 15 is 0 Å². The summed E-state index contributed by atoms with van der Waals surface area (Å²) in [4.78, 5) is 11.9. The summed E-state index contributed by atoms with van der Waals surface area (Å²) in [5.41, 5.74) is 0.555. The van der Waals surface area contributed by atoms with Gasteiger partial charge in [-0.15, -0.1) is 0 Å². The van der Waals surface area contributed by atoms with E-state index in [1.807, 2.05) is 13.0 Å². The Bertz CT molecular complexity index is 391. The van der Waals surface area contributed by atoms with Crippen LogP contribution in [0.25, 0.3) is 0 Å². The maximum absolute atomic E-state index is 11.9. The molecule has 0 atom stereocenters. The SMILES string of the molecule is CCCOc1cccc(C(=O)NCC(OC)OC)c1. The molecule has 1 aromatic rings. The Balaban J connectivity index is 2.56. The predicted molar refractivity (Wildman–Crippen MR) is 72.4 cm³/mol. The van der Waals surface area contributed by atoms with Crippen LogP contribution in [-0.2, 0) is 9.47 Å². The fourth-order valence-corrected chi connectivity index (χ4v) is 1.49. The van der Waals surface area contributed by atoms with E-state index < -0.39 is 6.29 Å². The zero-order valence-corrected chi connectivity index (χ0v) is 11.6. The Labute approximate surface area is 113 Å². The number of carbonyl (C=O) groups is 1. The van der Waals surface area contributed by atoms with Gasteiger partial charge in [-0.2, -0.15) is 0 Å². The lowest BCUT2D eigenvalue weighted by Gasteiger charge is -2.14. The third-order valence-electron chi connectivity index (χ3n) is 2.52. The van der Waals surface area contributed by atoms with Crippen molar-refractivity contribution in [1.29, 1.82) is 0 Å². The molecule has 1 aromatic carbocycles. The molecule has 0 aliphatic carbocycles. The fourth-order valence-electron chi connectivity index (χ4n) is 1.49. The van der Waals surface area contributed by atoms with Crippen molar-refractivity contribution in [3.8, 4) is 5.75 Å². The summed E-state index contributed by atoms with van der Waals surface area (Å²) in [5, 5.41) is 2.74. The number of carbonyl (C=O) groups excluding carboxylic acids is 1. The highest BCUT2D eigenvalue weighted by Crippen LogP contribution is 2.13. The van der Waals surface area contributed by atoms with Gasteiger partial charge in [-0.05, 0) is 24.6 Å². The third kappa shape index (κ3) is 5.28. The number of hydrogen-bond donors (Lipinski definition) is 1. The minimum atomic E-state index is -0.441. The molecule has 19 heavy (non-hydrogen) atoms. The van der Waals surface area contributed by atoms with E-state index in [4.69, 9.17) is 14.2 Å². The van der Waals surface area contributed by atoms with E-state index in [-0.39, 0.29) is 5.91 Å². The highest BCUT2D eigenvalue weighted by atomic mass is 16.7. The molecule has 0 saturated carbocycles. The summed E-state index contributed by atoms with van der Waals surface area (Å²) in [6.45, 7) is 2.97. The minimum Gasteiger partial charge on any atom is -0.494 e. The first-order chi connectivity index (χ1) is 9.21. The molecule has 1 amide bonds. The summed E-state index contributed by atoms with van der Waals surface area (Å²) < 4.78 is 15.5. The predicted octanol–water partition coefficient (Wildman–Crippen LogP) is 1.82. The first-order valence-electron chi connectivity index (χ1n) is 6.28. The van der Waals surface area contributed by atoms with Gasteiger partial charge in [-0.1, -0.05) is 13.0 Å². The van der Waals surface area contributed by atoms with Crippen molar-refractivity contribution in [2.24, 2.45) is 0 Å².